The number of nitro groups is 1. The SMILES string of the molecule is CC(=O)OC1C(CN=[N+]=[N-])OC(Oc2ccc([N+](=O)[O-])cc2)C(OC(C)=O)C1OC(C)=O.CC(=O)OC1OC(CN=[N+]=[N-])C(OC(C)=O)C(OC(C)=O)C1OC(C)=O. The Labute approximate surface area is 327 Å². The zero-order chi connectivity index (χ0) is 43.7. The maximum absolute atomic E-state index is 11.7. The van der Waals surface area contributed by atoms with Crippen LogP contribution in [-0.2, 0) is 76.2 Å². The number of benzene rings is 1. The summed E-state index contributed by atoms with van der Waals surface area (Å²) in [6, 6.07) is 4.94. The molecule has 58 heavy (non-hydrogen) atoms. The van der Waals surface area contributed by atoms with Crippen LogP contribution in [0.25, 0.3) is 20.9 Å². The largest absolute Gasteiger partial charge is 0.461 e. The van der Waals surface area contributed by atoms with Gasteiger partial charge in [-0.3, -0.25) is 43.7 Å². The molecule has 10 unspecified atom stereocenters. The van der Waals surface area contributed by atoms with Crippen LogP contribution in [0.5, 0.6) is 5.75 Å². The van der Waals surface area contributed by atoms with E-state index in [9.17, 15) is 43.7 Å². The van der Waals surface area contributed by atoms with Crippen LogP contribution in [0.15, 0.2) is 34.5 Å². The van der Waals surface area contributed by atoms with Crippen molar-refractivity contribution in [3.63, 3.8) is 0 Å². The molecule has 1 aromatic carbocycles. The first-order valence-electron chi connectivity index (χ1n) is 16.7. The van der Waals surface area contributed by atoms with Crippen molar-refractivity contribution in [1.29, 1.82) is 0 Å². The van der Waals surface area contributed by atoms with Gasteiger partial charge in [0.25, 0.3) is 5.69 Å². The highest BCUT2D eigenvalue weighted by molar-refractivity contribution is 5.70. The predicted octanol–water partition coefficient (Wildman–Crippen LogP) is 2.18. The molecule has 2 aliphatic rings. The van der Waals surface area contributed by atoms with Crippen molar-refractivity contribution in [2.45, 2.75) is 110 Å². The van der Waals surface area contributed by atoms with Crippen LogP contribution in [0.1, 0.15) is 48.5 Å². The van der Waals surface area contributed by atoms with E-state index in [-0.39, 0.29) is 24.5 Å². The molecular weight excluding hydrogens is 786 g/mol. The number of carbonyl (C=O) groups is 7. The summed E-state index contributed by atoms with van der Waals surface area (Å²) < 4.78 is 53.0. The molecular formula is C32H39N7O19. The van der Waals surface area contributed by atoms with E-state index in [1.807, 2.05) is 0 Å². The maximum atomic E-state index is 11.7. The topological polar surface area (TPSA) is 352 Å². The molecule has 0 spiro atoms. The van der Waals surface area contributed by atoms with E-state index in [0.29, 0.717) is 0 Å². The first kappa shape index (κ1) is 47.4. The lowest BCUT2D eigenvalue weighted by Gasteiger charge is -2.43. The Bertz CT molecular complexity index is 1750. The molecule has 0 saturated carbocycles. The van der Waals surface area contributed by atoms with Gasteiger partial charge in [0.05, 0.1) is 18.0 Å². The molecule has 0 aromatic heterocycles. The molecule has 0 bridgehead atoms. The van der Waals surface area contributed by atoms with Gasteiger partial charge < -0.3 is 47.4 Å². The zero-order valence-electron chi connectivity index (χ0n) is 31.9. The van der Waals surface area contributed by atoms with E-state index in [2.05, 4.69) is 20.1 Å². The molecule has 2 fully saturated rings. The lowest BCUT2D eigenvalue weighted by molar-refractivity contribution is -0.384. The van der Waals surface area contributed by atoms with Crippen molar-refractivity contribution in [2.24, 2.45) is 10.2 Å². The van der Waals surface area contributed by atoms with Gasteiger partial charge in [0.2, 0.25) is 24.8 Å². The molecule has 0 radical (unpaired) electrons. The minimum atomic E-state index is -1.47. The molecule has 2 heterocycles. The monoisotopic (exact) mass is 825 g/mol. The molecule has 3 rings (SSSR count). The Morgan fingerprint density at radius 2 is 0.897 bits per heavy atom. The second-order valence-corrected chi connectivity index (χ2v) is 11.8. The summed E-state index contributed by atoms with van der Waals surface area (Å²) in [5.41, 5.74) is 17.0. The van der Waals surface area contributed by atoms with Gasteiger partial charge in [-0.2, -0.15) is 0 Å². The van der Waals surface area contributed by atoms with Gasteiger partial charge in [0, 0.05) is 70.4 Å². The Hall–Kier alpha value is -6.75. The second-order valence-electron chi connectivity index (χ2n) is 11.8. The number of nitrogens with zero attached hydrogens (tertiary/aromatic N) is 7. The molecule has 0 aliphatic carbocycles. The molecule has 0 N–H and O–H groups in total. The summed E-state index contributed by atoms with van der Waals surface area (Å²) in [4.78, 5) is 96.2. The number of esters is 7. The third-order valence-electron chi connectivity index (χ3n) is 7.23. The summed E-state index contributed by atoms with van der Waals surface area (Å²) in [5, 5.41) is 17.6. The van der Waals surface area contributed by atoms with Crippen molar-refractivity contribution in [3.05, 3.63) is 55.3 Å². The number of azide groups is 2. The van der Waals surface area contributed by atoms with Crippen LogP contribution in [-0.4, -0.2) is 121 Å². The van der Waals surface area contributed by atoms with E-state index in [4.69, 9.17) is 58.4 Å². The molecule has 26 nitrogen and oxygen atoms in total. The van der Waals surface area contributed by atoms with E-state index < -0.39 is 108 Å². The summed E-state index contributed by atoms with van der Waals surface area (Å²) in [5.74, 6) is -5.24. The molecule has 10 atom stereocenters. The fraction of sp³-hybridized carbons (Fsp3) is 0.594. The third kappa shape index (κ3) is 15.1. The average molecular weight is 826 g/mol. The van der Waals surface area contributed by atoms with Gasteiger partial charge >= 0.3 is 41.8 Å². The highest BCUT2D eigenvalue weighted by atomic mass is 16.7. The van der Waals surface area contributed by atoms with E-state index >= 15 is 0 Å². The van der Waals surface area contributed by atoms with Gasteiger partial charge in [-0.25, -0.2) is 0 Å². The summed E-state index contributed by atoms with van der Waals surface area (Å²) in [7, 11) is 0. The molecule has 2 saturated heterocycles. The van der Waals surface area contributed by atoms with Crippen molar-refractivity contribution in [1.82, 2.24) is 0 Å². The van der Waals surface area contributed by atoms with E-state index in [1.54, 1.807) is 0 Å². The number of nitro benzene ring substituents is 1. The smallest absolute Gasteiger partial charge is 0.305 e. The van der Waals surface area contributed by atoms with Gasteiger partial charge in [-0.1, -0.05) is 10.2 Å². The Morgan fingerprint density at radius 1 is 0.569 bits per heavy atom. The number of hydrogen-bond donors (Lipinski definition) is 0. The zero-order valence-corrected chi connectivity index (χ0v) is 31.9. The third-order valence-corrected chi connectivity index (χ3v) is 7.23. The number of hydrogen-bond acceptors (Lipinski definition) is 21. The average Bonchev–Trinajstić information content (AvgIpc) is 3.11. The van der Waals surface area contributed by atoms with Crippen molar-refractivity contribution in [3.8, 4) is 5.75 Å². The van der Waals surface area contributed by atoms with Gasteiger partial charge in [0.1, 0.15) is 18.0 Å². The lowest BCUT2D eigenvalue weighted by atomic mass is 9.97. The van der Waals surface area contributed by atoms with Crippen LogP contribution in [0.4, 0.5) is 5.69 Å². The molecule has 2 aliphatic heterocycles. The predicted molar refractivity (Wildman–Crippen MR) is 184 cm³/mol. The van der Waals surface area contributed by atoms with Crippen molar-refractivity contribution in [2.75, 3.05) is 13.1 Å². The lowest BCUT2D eigenvalue weighted by Crippen LogP contribution is -2.63. The first-order chi connectivity index (χ1) is 27.3. The molecule has 1 aromatic rings. The van der Waals surface area contributed by atoms with Gasteiger partial charge in [-0.15, -0.1) is 0 Å². The van der Waals surface area contributed by atoms with Crippen LogP contribution >= 0.6 is 0 Å². The Morgan fingerprint density at radius 3 is 1.24 bits per heavy atom. The highest BCUT2D eigenvalue weighted by Gasteiger charge is 2.54. The maximum Gasteiger partial charge on any atom is 0.305 e. The summed E-state index contributed by atoms with van der Waals surface area (Å²) in [6.45, 7) is 7.02. The molecule has 26 heteroatoms. The van der Waals surface area contributed by atoms with Crippen molar-refractivity contribution >= 4 is 47.5 Å². The number of ether oxygens (including phenoxy) is 10. The second kappa shape index (κ2) is 22.7. The Kier molecular flexibility index (Phi) is 18.6. The minimum Gasteiger partial charge on any atom is -0.461 e. The molecule has 0 amide bonds. The number of rotatable bonds is 14. The van der Waals surface area contributed by atoms with Gasteiger partial charge in [-0.05, 0) is 23.2 Å². The van der Waals surface area contributed by atoms with Gasteiger partial charge in [0.15, 0.2) is 24.4 Å². The van der Waals surface area contributed by atoms with Crippen LogP contribution < -0.4 is 4.74 Å². The first-order valence-corrected chi connectivity index (χ1v) is 16.7. The van der Waals surface area contributed by atoms with Crippen LogP contribution in [0.3, 0.4) is 0 Å². The van der Waals surface area contributed by atoms with Crippen LogP contribution in [0, 0.1) is 10.1 Å². The summed E-state index contributed by atoms with van der Waals surface area (Å²) in [6.07, 6.45) is -13.2. The van der Waals surface area contributed by atoms with E-state index in [0.717, 1.165) is 48.5 Å². The van der Waals surface area contributed by atoms with Crippen LogP contribution in [0.2, 0.25) is 0 Å². The fourth-order valence-electron chi connectivity index (χ4n) is 5.37. The van der Waals surface area contributed by atoms with Crippen molar-refractivity contribution < 1.29 is 85.9 Å². The summed E-state index contributed by atoms with van der Waals surface area (Å²) >= 11 is 0. The minimum absolute atomic E-state index is 0.104. The quantitative estimate of drug-likeness (QED) is 0.0493. The number of non-ortho nitro benzene ring substituents is 1. The number of carbonyl (C=O) groups excluding carboxylic acids is 7. The normalized spacial score (nSPS) is 25.8. The fourth-order valence-corrected chi connectivity index (χ4v) is 5.37. The standard InChI is InChI=1S/C18H20N4O10.C14H19N3O9/c1-9(23)28-15-14(8-20-21-19)32-18(17(30-11(3)25)16(15)29-10(2)24)31-13-6-4-12(5-7-13)22(26)27;1-6(18)22-11-10(5-16-17-15)26-14(25-9(4)21)13(24-8(3)20)12(11)23-7(2)19/h4-7,14-18H,8H2,1-3H3;10-14H,5H2,1-4H3. The highest BCUT2D eigenvalue weighted by Crippen LogP contribution is 2.32. The Balaban J connectivity index is 0.000000409. The molecule has 316 valence electrons. The van der Waals surface area contributed by atoms with E-state index in [1.165, 1.54) is 24.3 Å².